The summed E-state index contributed by atoms with van der Waals surface area (Å²) in [5.74, 6) is 0. The number of rotatable bonds is 3. The van der Waals surface area contributed by atoms with Crippen molar-refractivity contribution < 1.29 is 5.11 Å². The zero-order chi connectivity index (χ0) is 11.8. The van der Waals surface area contributed by atoms with Gasteiger partial charge in [0.05, 0.1) is 5.60 Å². The summed E-state index contributed by atoms with van der Waals surface area (Å²) >= 11 is 1.86. The smallest absolute Gasteiger partial charge is 0.0741 e. The molecule has 1 heterocycles. The summed E-state index contributed by atoms with van der Waals surface area (Å²) in [7, 11) is 0. The van der Waals surface area contributed by atoms with E-state index in [2.05, 4.69) is 23.7 Å². The molecule has 0 radical (unpaired) electrons. The summed E-state index contributed by atoms with van der Waals surface area (Å²) < 4.78 is 0. The Hall–Kier alpha value is -0.380. The minimum atomic E-state index is -0.659. The molecule has 3 heteroatoms. The maximum atomic E-state index is 9.96. The molecule has 0 aliphatic heterocycles. The summed E-state index contributed by atoms with van der Waals surface area (Å²) in [5.41, 5.74) is 0.792. The molecule has 0 spiro atoms. The van der Waals surface area contributed by atoms with Crippen LogP contribution in [0.3, 0.4) is 0 Å². The maximum absolute atomic E-state index is 9.96. The van der Waals surface area contributed by atoms with Crippen LogP contribution in [0.25, 0.3) is 0 Å². The first kappa shape index (κ1) is 12.1. The largest absolute Gasteiger partial charge is 0.389 e. The van der Waals surface area contributed by atoms with Crippen molar-refractivity contribution in [2.45, 2.75) is 57.7 Å². The Balaban J connectivity index is 2.08. The zero-order valence-electron chi connectivity index (χ0n) is 10.3. The van der Waals surface area contributed by atoms with Gasteiger partial charge in [0.25, 0.3) is 0 Å². The number of fused-ring (bicyclic) bond motifs is 1. The monoisotopic (exact) mass is 239 g/mol. The Bertz CT molecular complexity index is 353. The second kappa shape index (κ2) is 4.47. The van der Waals surface area contributed by atoms with Crippen LogP contribution in [0.15, 0.2) is 11.4 Å². The molecule has 2 N–H and O–H groups in total. The molecule has 1 aliphatic rings. The maximum Gasteiger partial charge on any atom is 0.0741 e. The van der Waals surface area contributed by atoms with E-state index in [1.807, 2.05) is 25.2 Å². The summed E-state index contributed by atoms with van der Waals surface area (Å²) in [6, 6.07) is 2.77. The molecular weight excluding hydrogens is 218 g/mol. The molecule has 2 atom stereocenters. The third kappa shape index (κ3) is 2.47. The van der Waals surface area contributed by atoms with E-state index < -0.39 is 5.60 Å². The average Bonchev–Trinajstić information content (AvgIpc) is 2.65. The third-order valence-electron chi connectivity index (χ3n) is 3.56. The van der Waals surface area contributed by atoms with E-state index in [1.165, 1.54) is 29.7 Å². The van der Waals surface area contributed by atoms with E-state index in [9.17, 15) is 5.11 Å². The van der Waals surface area contributed by atoms with Gasteiger partial charge >= 0.3 is 0 Å². The summed E-state index contributed by atoms with van der Waals surface area (Å²) in [4.78, 5) is 1.52. The third-order valence-corrected chi connectivity index (χ3v) is 4.56. The highest BCUT2D eigenvalue weighted by molar-refractivity contribution is 7.10. The van der Waals surface area contributed by atoms with Crippen molar-refractivity contribution >= 4 is 11.3 Å². The molecule has 0 saturated carbocycles. The zero-order valence-corrected chi connectivity index (χ0v) is 11.1. The van der Waals surface area contributed by atoms with Crippen molar-refractivity contribution in [2.24, 2.45) is 0 Å². The molecule has 0 aromatic carbocycles. The Labute approximate surface area is 102 Å². The second-order valence-corrected chi connectivity index (χ2v) is 6.29. The van der Waals surface area contributed by atoms with Gasteiger partial charge < -0.3 is 10.4 Å². The van der Waals surface area contributed by atoms with Gasteiger partial charge in [-0.15, -0.1) is 11.3 Å². The number of nitrogens with one attached hydrogen (secondary N) is 1. The highest BCUT2D eigenvalue weighted by atomic mass is 32.1. The SMILES string of the molecule is CC(NC1CCCc2sccc21)C(C)(C)O. The van der Waals surface area contributed by atoms with E-state index in [-0.39, 0.29) is 6.04 Å². The number of thiophene rings is 1. The number of hydrogen-bond acceptors (Lipinski definition) is 3. The van der Waals surface area contributed by atoms with Gasteiger partial charge in [-0.3, -0.25) is 0 Å². The van der Waals surface area contributed by atoms with Gasteiger partial charge in [-0.2, -0.15) is 0 Å². The first-order valence-corrected chi connectivity index (χ1v) is 6.91. The van der Waals surface area contributed by atoms with Crippen LogP contribution in [0.1, 0.15) is 50.1 Å². The Morgan fingerprint density at radius 3 is 3.00 bits per heavy atom. The van der Waals surface area contributed by atoms with Crippen LogP contribution in [0.5, 0.6) is 0 Å². The van der Waals surface area contributed by atoms with Crippen molar-refractivity contribution in [3.8, 4) is 0 Å². The van der Waals surface area contributed by atoms with Gasteiger partial charge in [-0.05, 0) is 57.0 Å². The van der Waals surface area contributed by atoms with E-state index in [4.69, 9.17) is 0 Å². The Morgan fingerprint density at radius 2 is 2.31 bits per heavy atom. The lowest BCUT2D eigenvalue weighted by molar-refractivity contribution is 0.0388. The molecule has 0 bridgehead atoms. The minimum Gasteiger partial charge on any atom is -0.389 e. The first-order valence-electron chi connectivity index (χ1n) is 6.03. The molecule has 0 saturated heterocycles. The van der Waals surface area contributed by atoms with Gasteiger partial charge in [0.1, 0.15) is 0 Å². The fourth-order valence-corrected chi connectivity index (χ4v) is 3.15. The number of hydrogen-bond donors (Lipinski definition) is 2. The first-order chi connectivity index (χ1) is 7.48. The molecule has 1 aromatic heterocycles. The van der Waals surface area contributed by atoms with Gasteiger partial charge in [-0.1, -0.05) is 0 Å². The molecule has 2 unspecified atom stereocenters. The highest BCUT2D eigenvalue weighted by Crippen LogP contribution is 2.34. The number of aliphatic hydroxyl groups is 1. The molecule has 90 valence electrons. The van der Waals surface area contributed by atoms with Crippen molar-refractivity contribution in [3.63, 3.8) is 0 Å². The molecule has 2 rings (SSSR count). The summed E-state index contributed by atoms with van der Waals surface area (Å²) in [6.45, 7) is 5.78. The molecule has 0 fully saturated rings. The minimum absolute atomic E-state index is 0.114. The predicted molar refractivity (Wildman–Crippen MR) is 68.9 cm³/mol. The van der Waals surface area contributed by atoms with Crippen molar-refractivity contribution in [1.29, 1.82) is 0 Å². The van der Waals surface area contributed by atoms with Crippen LogP contribution in [0.4, 0.5) is 0 Å². The quantitative estimate of drug-likeness (QED) is 0.850. The van der Waals surface area contributed by atoms with E-state index >= 15 is 0 Å². The topological polar surface area (TPSA) is 32.3 Å². The van der Waals surface area contributed by atoms with Crippen molar-refractivity contribution in [3.05, 3.63) is 21.9 Å². The van der Waals surface area contributed by atoms with Gasteiger partial charge in [-0.25, -0.2) is 0 Å². The lowest BCUT2D eigenvalue weighted by Gasteiger charge is -2.33. The molecule has 1 aliphatic carbocycles. The lowest BCUT2D eigenvalue weighted by atomic mass is 9.91. The van der Waals surface area contributed by atoms with Crippen LogP contribution in [0, 0.1) is 0 Å². The van der Waals surface area contributed by atoms with Gasteiger partial charge in [0, 0.05) is 17.0 Å². The van der Waals surface area contributed by atoms with E-state index in [1.54, 1.807) is 0 Å². The number of aryl methyl sites for hydroxylation is 1. The molecule has 16 heavy (non-hydrogen) atoms. The normalized spacial score (nSPS) is 22.9. The van der Waals surface area contributed by atoms with Crippen LogP contribution in [0.2, 0.25) is 0 Å². The standard InChI is InChI=1S/C13H21NOS/c1-9(13(2,3)15)14-11-5-4-6-12-10(11)7-8-16-12/h7-9,11,14-15H,4-6H2,1-3H3. The summed E-state index contributed by atoms with van der Waals surface area (Å²) in [5, 5.41) is 15.7. The van der Waals surface area contributed by atoms with E-state index in [0.29, 0.717) is 6.04 Å². The van der Waals surface area contributed by atoms with Crippen molar-refractivity contribution in [2.75, 3.05) is 0 Å². The fraction of sp³-hybridized carbons (Fsp3) is 0.692. The molecule has 2 nitrogen and oxygen atoms in total. The van der Waals surface area contributed by atoms with Gasteiger partial charge in [0.2, 0.25) is 0 Å². The van der Waals surface area contributed by atoms with E-state index in [0.717, 1.165) is 0 Å². The van der Waals surface area contributed by atoms with Crippen LogP contribution >= 0.6 is 11.3 Å². The highest BCUT2D eigenvalue weighted by Gasteiger charge is 2.28. The Morgan fingerprint density at radius 1 is 1.56 bits per heavy atom. The molecule has 1 aromatic rings. The average molecular weight is 239 g/mol. The Kier molecular flexibility index (Phi) is 3.38. The second-order valence-electron chi connectivity index (χ2n) is 5.29. The van der Waals surface area contributed by atoms with Crippen molar-refractivity contribution in [1.82, 2.24) is 5.32 Å². The lowest BCUT2D eigenvalue weighted by Crippen LogP contribution is -2.46. The predicted octanol–water partition coefficient (Wildman–Crippen LogP) is 2.87. The fourth-order valence-electron chi connectivity index (χ4n) is 2.17. The molecular formula is C13H21NOS. The molecule has 0 amide bonds. The van der Waals surface area contributed by atoms with Crippen LogP contribution in [-0.2, 0) is 6.42 Å². The van der Waals surface area contributed by atoms with Crippen LogP contribution < -0.4 is 5.32 Å². The van der Waals surface area contributed by atoms with Gasteiger partial charge in [0.15, 0.2) is 0 Å². The summed E-state index contributed by atoms with van der Waals surface area (Å²) in [6.07, 6.45) is 3.66. The van der Waals surface area contributed by atoms with Crippen LogP contribution in [-0.4, -0.2) is 16.7 Å².